The summed E-state index contributed by atoms with van der Waals surface area (Å²) in [6, 6.07) is 17.9. The smallest absolute Gasteiger partial charge is 0.240 e. The molecule has 0 radical (unpaired) electrons. The van der Waals surface area contributed by atoms with Crippen LogP contribution in [0.2, 0.25) is 5.02 Å². The SMILES string of the molecule is CC1CCN(C(CNC(=O)Cn2c(-c3ccc(Cl)cc3)n[nH]c2=S)c2ccccc2)CC1. The van der Waals surface area contributed by atoms with Crippen LogP contribution in [0, 0.1) is 10.7 Å². The van der Waals surface area contributed by atoms with Crippen LogP contribution in [-0.4, -0.2) is 45.2 Å². The number of piperidine rings is 1. The maximum absolute atomic E-state index is 12.9. The van der Waals surface area contributed by atoms with Gasteiger partial charge in [-0.05, 0) is 73.9 Å². The lowest BCUT2D eigenvalue weighted by molar-refractivity contribution is -0.122. The fourth-order valence-electron chi connectivity index (χ4n) is 4.17. The summed E-state index contributed by atoms with van der Waals surface area (Å²) in [7, 11) is 0. The van der Waals surface area contributed by atoms with Gasteiger partial charge < -0.3 is 5.32 Å². The molecule has 8 heteroatoms. The van der Waals surface area contributed by atoms with E-state index >= 15 is 0 Å². The molecule has 1 atom stereocenters. The van der Waals surface area contributed by atoms with Gasteiger partial charge in [0.05, 0.1) is 6.04 Å². The van der Waals surface area contributed by atoms with Crippen LogP contribution in [0.15, 0.2) is 54.6 Å². The van der Waals surface area contributed by atoms with E-state index in [4.69, 9.17) is 23.8 Å². The minimum absolute atomic E-state index is 0.0935. The van der Waals surface area contributed by atoms with E-state index in [1.54, 1.807) is 16.7 Å². The number of hydrogen-bond acceptors (Lipinski definition) is 4. The number of aromatic amines is 1. The van der Waals surface area contributed by atoms with Crippen molar-refractivity contribution in [2.75, 3.05) is 19.6 Å². The summed E-state index contributed by atoms with van der Waals surface area (Å²) < 4.78 is 2.13. The van der Waals surface area contributed by atoms with Crippen molar-refractivity contribution in [3.8, 4) is 11.4 Å². The molecule has 1 unspecified atom stereocenters. The highest BCUT2D eigenvalue weighted by Crippen LogP contribution is 2.26. The molecule has 1 saturated heterocycles. The van der Waals surface area contributed by atoms with Crippen molar-refractivity contribution in [1.82, 2.24) is 25.0 Å². The Balaban J connectivity index is 1.46. The molecule has 32 heavy (non-hydrogen) atoms. The third-order valence-corrected chi connectivity index (χ3v) is 6.66. The van der Waals surface area contributed by atoms with Crippen LogP contribution >= 0.6 is 23.8 Å². The second kappa shape index (κ2) is 10.4. The molecular formula is C24H28ClN5OS. The van der Waals surface area contributed by atoms with Gasteiger partial charge in [0.2, 0.25) is 5.91 Å². The standard InChI is InChI=1S/C24H28ClN5OS/c1-17-11-13-29(14-12-17)21(18-5-3-2-4-6-18)15-26-22(31)16-30-23(27-28-24(30)32)19-7-9-20(25)10-8-19/h2-10,17,21H,11-16H2,1H3,(H,26,31)(H,28,32). The Morgan fingerprint density at radius 3 is 2.56 bits per heavy atom. The van der Waals surface area contributed by atoms with E-state index in [0.717, 1.165) is 24.6 Å². The Labute approximate surface area is 198 Å². The van der Waals surface area contributed by atoms with Gasteiger partial charge in [0.1, 0.15) is 6.54 Å². The number of carbonyl (C=O) groups excluding carboxylic acids is 1. The Morgan fingerprint density at radius 2 is 1.88 bits per heavy atom. The average molecular weight is 470 g/mol. The molecule has 1 fully saturated rings. The molecule has 3 aromatic rings. The number of benzene rings is 2. The average Bonchev–Trinajstić information content (AvgIpc) is 3.16. The van der Waals surface area contributed by atoms with Crippen LogP contribution in [0.3, 0.4) is 0 Å². The van der Waals surface area contributed by atoms with Crippen molar-refractivity contribution in [1.29, 1.82) is 0 Å². The highest BCUT2D eigenvalue weighted by atomic mass is 35.5. The lowest BCUT2D eigenvalue weighted by Gasteiger charge is -2.37. The molecule has 1 amide bonds. The Kier molecular flexibility index (Phi) is 7.40. The first kappa shape index (κ1) is 22.7. The first-order valence-electron chi connectivity index (χ1n) is 11.0. The minimum atomic E-state index is -0.0935. The fourth-order valence-corrected chi connectivity index (χ4v) is 4.49. The van der Waals surface area contributed by atoms with Crippen LogP contribution in [0.5, 0.6) is 0 Å². The molecule has 0 aliphatic carbocycles. The van der Waals surface area contributed by atoms with Gasteiger partial charge in [0.15, 0.2) is 10.6 Å². The summed E-state index contributed by atoms with van der Waals surface area (Å²) in [4.78, 5) is 15.4. The zero-order valence-corrected chi connectivity index (χ0v) is 19.7. The molecule has 4 rings (SSSR count). The first-order chi connectivity index (χ1) is 15.5. The normalized spacial score (nSPS) is 16.1. The van der Waals surface area contributed by atoms with E-state index in [1.807, 2.05) is 18.2 Å². The Hall–Kier alpha value is -2.48. The van der Waals surface area contributed by atoms with Crippen LogP contribution in [-0.2, 0) is 11.3 Å². The second-order valence-corrected chi connectivity index (χ2v) is 9.22. The number of nitrogens with zero attached hydrogens (tertiary/aromatic N) is 3. The van der Waals surface area contributed by atoms with Gasteiger partial charge in [-0.15, -0.1) is 0 Å². The van der Waals surface area contributed by atoms with Crippen molar-refractivity contribution < 1.29 is 4.79 Å². The zero-order valence-electron chi connectivity index (χ0n) is 18.1. The number of rotatable bonds is 7. The molecule has 1 aliphatic rings. The van der Waals surface area contributed by atoms with Crippen molar-refractivity contribution in [2.24, 2.45) is 5.92 Å². The number of nitrogens with one attached hydrogen (secondary N) is 2. The minimum Gasteiger partial charge on any atom is -0.353 e. The van der Waals surface area contributed by atoms with Gasteiger partial charge in [-0.25, -0.2) is 0 Å². The maximum atomic E-state index is 12.9. The van der Waals surface area contributed by atoms with Gasteiger partial charge in [-0.1, -0.05) is 48.9 Å². The fraction of sp³-hybridized carbons (Fsp3) is 0.375. The third-order valence-electron chi connectivity index (χ3n) is 6.10. The zero-order chi connectivity index (χ0) is 22.5. The van der Waals surface area contributed by atoms with E-state index in [9.17, 15) is 4.79 Å². The summed E-state index contributed by atoms with van der Waals surface area (Å²) in [6.45, 7) is 5.06. The van der Waals surface area contributed by atoms with E-state index in [-0.39, 0.29) is 18.5 Å². The monoisotopic (exact) mass is 469 g/mol. The van der Waals surface area contributed by atoms with Crippen LogP contribution < -0.4 is 5.32 Å². The predicted octanol–water partition coefficient (Wildman–Crippen LogP) is 4.85. The van der Waals surface area contributed by atoms with Gasteiger partial charge >= 0.3 is 0 Å². The summed E-state index contributed by atoms with van der Waals surface area (Å²) >= 11 is 11.4. The van der Waals surface area contributed by atoms with E-state index in [0.29, 0.717) is 22.2 Å². The van der Waals surface area contributed by atoms with Gasteiger partial charge in [-0.3, -0.25) is 19.4 Å². The number of hydrogen-bond donors (Lipinski definition) is 2. The molecule has 1 aliphatic heterocycles. The van der Waals surface area contributed by atoms with Crippen LogP contribution in [0.4, 0.5) is 0 Å². The third kappa shape index (κ3) is 5.46. The highest BCUT2D eigenvalue weighted by molar-refractivity contribution is 7.71. The summed E-state index contributed by atoms with van der Waals surface area (Å²) in [5, 5.41) is 10.9. The van der Waals surface area contributed by atoms with E-state index in [2.05, 4.69) is 51.6 Å². The lowest BCUT2D eigenvalue weighted by atomic mass is 9.95. The molecule has 6 nitrogen and oxygen atoms in total. The molecule has 2 N–H and O–H groups in total. The molecule has 1 aromatic heterocycles. The number of H-pyrrole nitrogens is 1. The topological polar surface area (TPSA) is 66.0 Å². The van der Waals surface area contributed by atoms with Crippen LogP contribution in [0.1, 0.15) is 31.4 Å². The number of halogens is 1. The second-order valence-electron chi connectivity index (χ2n) is 8.39. The number of amides is 1. The molecular weight excluding hydrogens is 442 g/mol. The predicted molar refractivity (Wildman–Crippen MR) is 130 cm³/mol. The van der Waals surface area contributed by atoms with E-state index < -0.39 is 0 Å². The summed E-state index contributed by atoms with van der Waals surface area (Å²) in [5.74, 6) is 1.28. The maximum Gasteiger partial charge on any atom is 0.240 e. The number of likely N-dealkylation sites (tertiary alicyclic amines) is 1. The van der Waals surface area contributed by atoms with Crippen molar-refractivity contribution in [3.05, 3.63) is 70.0 Å². The molecule has 168 valence electrons. The van der Waals surface area contributed by atoms with E-state index in [1.165, 1.54) is 18.4 Å². The summed E-state index contributed by atoms with van der Waals surface area (Å²) in [5.41, 5.74) is 2.07. The van der Waals surface area contributed by atoms with Gasteiger partial charge in [-0.2, -0.15) is 5.10 Å². The molecule has 0 bridgehead atoms. The summed E-state index contributed by atoms with van der Waals surface area (Å²) in [6.07, 6.45) is 2.37. The van der Waals surface area contributed by atoms with Crippen LogP contribution in [0.25, 0.3) is 11.4 Å². The Morgan fingerprint density at radius 1 is 1.19 bits per heavy atom. The Bertz CT molecular complexity index is 1090. The molecule has 0 saturated carbocycles. The first-order valence-corrected chi connectivity index (χ1v) is 11.8. The number of aromatic nitrogens is 3. The quantitative estimate of drug-likeness (QED) is 0.485. The highest BCUT2D eigenvalue weighted by Gasteiger charge is 2.25. The van der Waals surface area contributed by atoms with Gasteiger partial charge in [0, 0.05) is 17.1 Å². The van der Waals surface area contributed by atoms with Gasteiger partial charge in [0.25, 0.3) is 0 Å². The molecule has 0 spiro atoms. The van der Waals surface area contributed by atoms with Crippen molar-refractivity contribution in [2.45, 2.75) is 32.4 Å². The van der Waals surface area contributed by atoms with Crippen molar-refractivity contribution >= 4 is 29.7 Å². The molecule has 2 heterocycles. The lowest BCUT2D eigenvalue weighted by Crippen LogP contribution is -2.42. The largest absolute Gasteiger partial charge is 0.353 e. The number of carbonyl (C=O) groups is 1. The molecule has 2 aromatic carbocycles. The van der Waals surface area contributed by atoms with Crippen molar-refractivity contribution in [3.63, 3.8) is 0 Å².